The van der Waals surface area contributed by atoms with Gasteiger partial charge in [0, 0.05) is 36.4 Å². The van der Waals surface area contributed by atoms with Gasteiger partial charge in [-0.05, 0) is 31.2 Å². The van der Waals surface area contributed by atoms with Crippen molar-refractivity contribution in [2.75, 3.05) is 6.61 Å². The molecule has 1 aromatic carbocycles. The van der Waals surface area contributed by atoms with Gasteiger partial charge in [0.2, 0.25) is 0 Å². The minimum atomic E-state index is -0.856. The quantitative estimate of drug-likeness (QED) is 0.682. The summed E-state index contributed by atoms with van der Waals surface area (Å²) in [6.45, 7) is 4.74. The van der Waals surface area contributed by atoms with Crippen LogP contribution in [-0.2, 0) is 21.7 Å². The lowest BCUT2D eigenvalue weighted by Crippen LogP contribution is -2.32. The third-order valence-electron chi connectivity index (χ3n) is 5.31. The monoisotopic (exact) mass is 376 g/mol. The van der Waals surface area contributed by atoms with Gasteiger partial charge in [0.05, 0.1) is 19.5 Å². The van der Waals surface area contributed by atoms with Crippen molar-refractivity contribution >= 4 is 5.78 Å². The van der Waals surface area contributed by atoms with Crippen LogP contribution in [0.25, 0.3) is 0 Å². The SMILES string of the molecule is CC(C)C(=O)CCC[C@H]1CO[C@@](Cn2ccnc2)(c2ccc(F)cc2F)C1. The van der Waals surface area contributed by atoms with Gasteiger partial charge in [0.1, 0.15) is 23.0 Å². The van der Waals surface area contributed by atoms with E-state index in [4.69, 9.17) is 4.74 Å². The molecule has 6 heteroatoms. The molecule has 3 rings (SSSR count). The third-order valence-corrected chi connectivity index (χ3v) is 5.31. The molecule has 0 bridgehead atoms. The zero-order chi connectivity index (χ0) is 19.4. The molecule has 0 N–H and O–H groups in total. The number of halogens is 2. The minimum Gasteiger partial charge on any atom is -0.368 e. The summed E-state index contributed by atoms with van der Waals surface area (Å²) in [5.41, 5.74) is -0.482. The van der Waals surface area contributed by atoms with Crippen LogP contribution in [0.2, 0.25) is 0 Å². The van der Waals surface area contributed by atoms with E-state index in [1.54, 1.807) is 18.7 Å². The Balaban J connectivity index is 1.75. The first-order valence-electron chi connectivity index (χ1n) is 9.47. The van der Waals surface area contributed by atoms with Crippen LogP contribution in [0.1, 0.15) is 45.1 Å². The molecule has 0 amide bonds. The lowest BCUT2D eigenvalue weighted by Gasteiger charge is -2.30. The number of nitrogens with zero attached hydrogens (tertiary/aromatic N) is 2. The molecule has 0 radical (unpaired) electrons. The van der Waals surface area contributed by atoms with Crippen molar-refractivity contribution < 1.29 is 18.3 Å². The Morgan fingerprint density at radius 3 is 2.89 bits per heavy atom. The number of ketones is 1. The number of carbonyl (C=O) groups is 1. The number of imidazole rings is 1. The molecule has 0 unspecified atom stereocenters. The highest BCUT2D eigenvalue weighted by Crippen LogP contribution is 2.43. The van der Waals surface area contributed by atoms with Crippen molar-refractivity contribution in [2.45, 2.75) is 51.7 Å². The molecule has 1 aromatic heterocycles. The van der Waals surface area contributed by atoms with Crippen LogP contribution in [0.5, 0.6) is 0 Å². The van der Waals surface area contributed by atoms with Crippen molar-refractivity contribution in [1.29, 1.82) is 0 Å². The highest BCUT2D eigenvalue weighted by atomic mass is 19.1. The number of carbonyl (C=O) groups excluding carboxylic acids is 1. The van der Waals surface area contributed by atoms with Crippen molar-refractivity contribution in [2.24, 2.45) is 11.8 Å². The maximum Gasteiger partial charge on any atom is 0.135 e. The summed E-state index contributed by atoms with van der Waals surface area (Å²) in [7, 11) is 0. The van der Waals surface area contributed by atoms with Gasteiger partial charge in [-0.25, -0.2) is 13.8 Å². The van der Waals surface area contributed by atoms with Gasteiger partial charge in [-0.1, -0.05) is 19.9 Å². The lowest BCUT2D eigenvalue weighted by atomic mass is 9.84. The van der Waals surface area contributed by atoms with Crippen LogP contribution in [0.15, 0.2) is 36.9 Å². The molecule has 146 valence electrons. The normalized spacial score (nSPS) is 22.5. The first kappa shape index (κ1) is 19.7. The first-order chi connectivity index (χ1) is 12.9. The second-order valence-corrected chi connectivity index (χ2v) is 7.75. The summed E-state index contributed by atoms with van der Waals surface area (Å²) in [6.07, 6.45) is 7.99. The third kappa shape index (κ3) is 4.61. The average Bonchev–Trinajstić information content (AvgIpc) is 3.25. The Kier molecular flexibility index (Phi) is 6.05. The number of benzene rings is 1. The Bertz CT molecular complexity index is 776. The van der Waals surface area contributed by atoms with Crippen LogP contribution in [0.4, 0.5) is 8.78 Å². The molecular formula is C21H26F2N2O2. The average molecular weight is 376 g/mol. The number of hydrogen-bond donors (Lipinski definition) is 0. The van der Waals surface area contributed by atoms with Crippen molar-refractivity contribution in [3.05, 3.63) is 54.1 Å². The van der Waals surface area contributed by atoms with Gasteiger partial charge >= 0.3 is 0 Å². The lowest BCUT2D eigenvalue weighted by molar-refractivity contribution is -0.122. The minimum absolute atomic E-state index is 0.0541. The summed E-state index contributed by atoms with van der Waals surface area (Å²) in [6, 6.07) is 3.65. The highest BCUT2D eigenvalue weighted by Gasteiger charge is 2.43. The summed E-state index contributed by atoms with van der Waals surface area (Å²) in [5, 5.41) is 0. The molecule has 2 atom stereocenters. The number of ether oxygens (including phenoxy) is 1. The number of aromatic nitrogens is 2. The topological polar surface area (TPSA) is 44.1 Å². The predicted molar refractivity (Wildman–Crippen MR) is 98.0 cm³/mol. The molecule has 4 nitrogen and oxygen atoms in total. The van der Waals surface area contributed by atoms with E-state index in [-0.39, 0.29) is 17.6 Å². The fourth-order valence-corrected chi connectivity index (χ4v) is 3.82. The van der Waals surface area contributed by atoms with Gasteiger partial charge in [-0.2, -0.15) is 0 Å². The molecule has 1 aliphatic heterocycles. The van der Waals surface area contributed by atoms with E-state index in [1.165, 1.54) is 12.1 Å². The van der Waals surface area contributed by atoms with Gasteiger partial charge in [-0.15, -0.1) is 0 Å². The largest absolute Gasteiger partial charge is 0.368 e. The Morgan fingerprint density at radius 1 is 1.41 bits per heavy atom. The van der Waals surface area contributed by atoms with Gasteiger partial charge in [-0.3, -0.25) is 4.79 Å². The maximum absolute atomic E-state index is 14.6. The number of hydrogen-bond acceptors (Lipinski definition) is 3. The fraction of sp³-hybridized carbons (Fsp3) is 0.524. The summed E-state index contributed by atoms with van der Waals surface area (Å²) in [4.78, 5) is 15.9. The second-order valence-electron chi connectivity index (χ2n) is 7.75. The van der Waals surface area contributed by atoms with E-state index < -0.39 is 17.2 Å². The zero-order valence-electron chi connectivity index (χ0n) is 15.8. The molecule has 2 heterocycles. The van der Waals surface area contributed by atoms with Gasteiger partial charge in [0.15, 0.2) is 0 Å². The smallest absolute Gasteiger partial charge is 0.135 e. The van der Waals surface area contributed by atoms with Crippen molar-refractivity contribution in [1.82, 2.24) is 9.55 Å². The predicted octanol–water partition coefficient (Wildman–Crippen LogP) is 4.49. The van der Waals surface area contributed by atoms with E-state index in [2.05, 4.69) is 4.98 Å². The van der Waals surface area contributed by atoms with E-state index in [0.29, 0.717) is 31.6 Å². The zero-order valence-corrected chi connectivity index (χ0v) is 15.8. The Morgan fingerprint density at radius 2 is 2.22 bits per heavy atom. The standard InChI is InChI=1S/C21H26F2N2O2/c1-15(2)20(26)5-3-4-16-11-21(27-12-16,13-25-9-8-24-14-25)18-7-6-17(22)10-19(18)23/h6-10,14-16H,3-5,11-13H2,1-2H3/t16-,21+/m1/s1. The second kappa shape index (κ2) is 8.30. The fourth-order valence-electron chi connectivity index (χ4n) is 3.82. The van der Waals surface area contributed by atoms with Gasteiger partial charge in [0.25, 0.3) is 0 Å². The van der Waals surface area contributed by atoms with Crippen LogP contribution in [0.3, 0.4) is 0 Å². The molecule has 27 heavy (non-hydrogen) atoms. The van der Waals surface area contributed by atoms with E-state index in [0.717, 1.165) is 18.9 Å². The molecular weight excluding hydrogens is 350 g/mol. The molecule has 0 aliphatic carbocycles. The first-order valence-corrected chi connectivity index (χ1v) is 9.47. The van der Waals surface area contributed by atoms with Crippen molar-refractivity contribution in [3.63, 3.8) is 0 Å². The van der Waals surface area contributed by atoms with Crippen LogP contribution in [-0.4, -0.2) is 21.9 Å². The maximum atomic E-state index is 14.6. The molecule has 0 saturated carbocycles. The summed E-state index contributed by atoms with van der Waals surface area (Å²) in [5.74, 6) is -0.638. The molecule has 1 fully saturated rings. The molecule has 1 aliphatic rings. The Labute approximate surface area is 158 Å². The Hall–Kier alpha value is -2.08. The summed E-state index contributed by atoms with van der Waals surface area (Å²) >= 11 is 0. The van der Waals surface area contributed by atoms with E-state index >= 15 is 0 Å². The molecule has 2 aromatic rings. The van der Waals surface area contributed by atoms with Crippen LogP contribution < -0.4 is 0 Å². The molecule has 1 saturated heterocycles. The van der Waals surface area contributed by atoms with Crippen LogP contribution in [0, 0.1) is 23.5 Å². The van der Waals surface area contributed by atoms with Crippen LogP contribution >= 0.6 is 0 Å². The number of Topliss-reactive ketones (excluding diaryl/α,β-unsaturated/α-hetero) is 1. The van der Waals surface area contributed by atoms with E-state index in [9.17, 15) is 13.6 Å². The molecule has 0 spiro atoms. The van der Waals surface area contributed by atoms with Gasteiger partial charge < -0.3 is 9.30 Å². The van der Waals surface area contributed by atoms with E-state index in [1.807, 2.05) is 18.4 Å². The number of rotatable bonds is 8. The summed E-state index contributed by atoms with van der Waals surface area (Å²) < 4.78 is 35.9. The highest BCUT2D eigenvalue weighted by molar-refractivity contribution is 5.80. The van der Waals surface area contributed by atoms with Crippen molar-refractivity contribution in [3.8, 4) is 0 Å².